The highest BCUT2D eigenvalue weighted by molar-refractivity contribution is 5.09. The fourth-order valence-electron chi connectivity index (χ4n) is 2.58. The van der Waals surface area contributed by atoms with Gasteiger partial charge in [-0.15, -0.1) is 0 Å². The molecule has 1 aliphatic rings. The summed E-state index contributed by atoms with van der Waals surface area (Å²) in [4.78, 5) is 7.15. The fourth-order valence-corrected chi connectivity index (χ4v) is 2.58. The Morgan fingerprint density at radius 1 is 1.22 bits per heavy atom. The Morgan fingerprint density at radius 3 is 2.61 bits per heavy atom. The van der Waals surface area contributed by atoms with Crippen molar-refractivity contribution in [3.63, 3.8) is 0 Å². The predicted molar refractivity (Wildman–Crippen MR) is 75.5 cm³/mol. The van der Waals surface area contributed by atoms with E-state index >= 15 is 0 Å². The zero-order valence-corrected chi connectivity index (χ0v) is 11.6. The van der Waals surface area contributed by atoms with E-state index in [1.165, 1.54) is 18.5 Å². The van der Waals surface area contributed by atoms with Crippen LogP contribution in [-0.2, 0) is 0 Å². The van der Waals surface area contributed by atoms with E-state index in [0.29, 0.717) is 6.04 Å². The van der Waals surface area contributed by atoms with Crippen molar-refractivity contribution < 1.29 is 0 Å². The van der Waals surface area contributed by atoms with E-state index in [9.17, 15) is 0 Å². The molecule has 0 aromatic carbocycles. The highest BCUT2D eigenvalue weighted by atomic mass is 15.2. The number of nitrogens with zero attached hydrogens (tertiary/aromatic N) is 2. The number of nitrogens with one attached hydrogen (secondary N) is 1. The number of piperazine rings is 1. The molecule has 0 bridgehead atoms. The Balaban J connectivity index is 2.06. The minimum atomic E-state index is 0.496. The Labute approximate surface area is 111 Å². The van der Waals surface area contributed by atoms with Crippen LogP contribution >= 0.6 is 0 Å². The summed E-state index contributed by atoms with van der Waals surface area (Å²) in [5.74, 6) is 0.763. The maximum Gasteiger partial charge on any atom is 0.0575 e. The summed E-state index contributed by atoms with van der Waals surface area (Å²) in [5, 5.41) is 3.42. The molecule has 0 radical (unpaired) electrons. The molecule has 100 valence electrons. The van der Waals surface area contributed by atoms with Crippen LogP contribution < -0.4 is 5.32 Å². The maximum absolute atomic E-state index is 4.57. The normalized spacial score (nSPS) is 19.1. The van der Waals surface area contributed by atoms with Crippen LogP contribution in [0.4, 0.5) is 0 Å². The average molecular weight is 247 g/mol. The minimum Gasteiger partial charge on any atom is -0.314 e. The van der Waals surface area contributed by atoms with Crippen molar-refractivity contribution in [1.82, 2.24) is 15.2 Å². The van der Waals surface area contributed by atoms with Crippen LogP contribution in [0, 0.1) is 5.92 Å². The molecule has 2 rings (SSSR count). The SMILES string of the molecule is CC(C)CC[C@H](c1ccccn1)N1CCNCC1. The van der Waals surface area contributed by atoms with E-state index in [1.54, 1.807) is 0 Å². The van der Waals surface area contributed by atoms with E-state index in [4.69, 9.17) is 0 Å². The van der Waals surface area contributed by atoms with Gasteiger partial charge in [0.15, 0.2) is 0 Å². The molecule has 0 saturated carbocycles. The predicted octanol–water partition coefficient (Wildman–Crippen LogP) is 2.46. The molecule has 18 heavy (non-hydrogen) atoms. The van der Waals surface area contributed by atoms with Crippen molar-refractivity contribution in [2.24, 2.45) is 5.92 Å². The Hall–Kier alpha value is -0.930. The Morgan fingerprint density at radius 2 is 2.00 bits per heavy atom. The lowest BCUT2D eigenvalue weighted by molar-refractivity contribution is 0.156. The topological polar surface area (TPSA) is 28.2 Å². The minimum absolute atomic E-state index is 0.496. The molecule has 1 aliphatic heterocycles. The molecule has 3 nitrogen and oxygen atoms in total. The number of rotatable bonds is 5. The monoisotopic (exact) mass is 247 g/mol. The summed E-state index contributed by atoms with van der Waals surface area (Å²) in [5.41, 5.74) is 1.24. The highest BCUT2D eigenvalue weighted by Crippen LogP contribution is 2.26. The van der Waals surface area contributed by atoms with Gasteiger partial charge < -0.3 is 5.32 Å². The van der Waals surface area contributed by atoms with Gasteiger partial charge in [0.25, 0.3) is 0 Å². The van der Waals surface area contributed by atoms with Crippen LogP contribution in [0.1, 0.15) is 38.4 Å². The molecule has 0 unspecified atom stereocenters. The smallest absolute Gasteiger partial charge is 0.0575 e. The van der Waals surface area contributed by atoms with Crippen molar-refractivity contribution in [2.45, 2.75) is 32.7 Å². The lowest BCUT2D eigenvalue weighted by Gasteiger charge is -2.35. The molecule has 1 N–H and O–H groups in total. The van der Waals surface area contributed by atoms with E-state index in [1.807, 2.05) is 12.3 Å². The van der Waals surface area contributed by atoms with Gasteiger partial charge in [0.2, 0.25) is 0 Å². The second kappa shape index (κ2) is 6.86. The largest absolute Gasteiger partial charge is 0.314 e. The molecule has 1 atom stereocenters. The molecular weight excluding hydrogens is 222 g/mol. The standard InChI is InChI=1S/C15H25N3/c1-13(2)6-7-15(14-5-3-4-8-17-14)18-11-9-16-10-12-18/h3-5,8,13,15-16H,6-7,9-12H2,1-2H3/t15-/m1/s1. The zero-order valence-electron chi connectivity index (χ0n) is 11.6. The van der Waals surface area contributed by atoms with E-state index < -0.39 is 0 Å². The van der Waals surface area contributed by atoms with Crippen molar-refractivity contribution in [3.05, 3.63) is 30.1 Å². The van der Waals surface area contributed by atoms with E-state index in [0.717, 1.165) is 32.1 Å². The van der Waals surface area contributed by atoms with Gasteiger partial charge in [0, 0.05) is 32.4 Å². The molecule has 1 saturated heterocycles. The van der Waals surface area contributed by atoms with Gasteiger partial charge >= 0.3 is 0 Å². The molecule has 0 aliphatic carbocycles. The second-order valence-corrected chi connectivity index (χ2v) is 5.53. The first-order valence-corrected chi connectivity index (χ1v) is 7.13. The maximum atomic E-state index is 4.57. The van der Waals surface area contributed by atoms with Crippen LogP contribution in [0.15, 0.2) is 24.4 Å². The van der Waals surface area contributed by atoms with Crippen LogP contribution in [0.3, 0.4) is 0 Å². The van der Waals surface area contributed by atoms with E-state index in [2.05, 4.69) is 41.2 Å². The summed E-state index contributed by atoms with van der Waals surface area (Å²) >= 11 is 0. The summed E-state index contributed by atoms with van der Waals surface area (Å²) in [6.07, 6.45) is 4.40. The third-order valence-corrected chi connectivity index (χ3v) is 3.64. The van der Waals surface area contributed by atoms with Crippen molar-refractivity contribution in [3.8, 4) is 0 Å². The van der Waals surface area contributed by atoms with Crippen molar-refractivity contribution in [1.29, 1.82) is 0 Å². The summed E-state index contributed by atoms with van der Waals surface area (Å²) in [7, 11) is 0. The first-order valence-electron chi connectivity index (χ1n) is 7.13. The van der Waals surface area contributed by atoms with Gasteiger partial charge in [-0.2, -0.15) is 0 Å². The number of pyridine rings is 1. The molecule has 2 heterocycles. The summed E-state index contributed by atoms with van der Waals surface area (Å²) in [6.45, 7) is 9.08. The van der Waals surface area contributed by atoms with Gasteiger partial charge in [-0.3, -0.25) is 9.88 Å². The van der Waals surface area contributed by atoms with Crippen molar-refractivity contribution >= 4 is 0 Å². The third-order valence-electron chi connectivity index (χ3n) is 3.64. The second-order valence-electron chi connectivity index (χ2n) is 5.53. The molecular formula is C15H25N3. The summed E-state index contributed by atoms with van der Waals surface area (Å²) in [6, 6.07) is 6.77. The van der Waals surface area contributed by atoms with Crippen LogP contribution in [0.5, 0.6) is 0 Å². The number of aromatic nitrogens is 1. The highest BCUT2D eigenvalue weighted by Gasteiger charge is 2.22. The number of hydrogen-bond acceptors (Lipinski definition) is 3. The Bertz CT molecular complexity index is 331. The fraction of sp³-hybridized carbons (Fsp3) is 0.667. The first kappa shape index (κ1) is 13.5. The van der Waals surface area contributed by atoms with Crippen LogP contribution in [-0.4, -0.2) is 36.1 Å². The molecule has 1 fully saturated rings. The molecule has 1 aromatic rings. The van der Waals surface area contributed by atoms with Gasteiger partial charge in [-0.1, -0.05) is 19.9 Å². The third kappa shape index (κ3) is 3.79. The lowest BCUT2D eigenvalue weighted by atomic mass is 9.99. The molecule has 0 amide bonds. The van der Waals surface area contributed by atoms with E-state index in [-0.39, 0.29) is 0 Å². The number of hydrogen-bond donors (Lipinski definition) is 1. The van der Waals surface area contributed by atoms with Gasteiger partial charge in [-0.25, -0.2) is 0 Å². The van der Waals surface area contributed by atoms with Crippen molar-refractivity contribution in [2.75, 3.05) is 26.2 Å². The average Bonchev–Trinajstić information content (AvgIpc) is 2.41. The lowest BCUT2D eigenvalue weighted by Crippen LogP contribution is -2.45. The molecule has 0 spiro atoms. The quantitative estimate of drug-likeness (QED) is 0.866. The van der Waals surface area contributed by atoms with Crippen LogP contribution in [0.25, 0.3) is 0 Å². The molecule has 1 aromatic heterocycles. The van der Waals surface area contributed by atoms with Crippen LogP contribution in [0.2, 0.25) is 0 Å². The summed E-state index contributed by atoms with van der Waals surface area (Å²) < 4.78 is 0. The van der Waals surface area contributed by atoms with Gasteiger partial charge in [0.05, 0.1) is 11.7 Å². The van der Waals surface area contributed by atoms with Gasteiger partial charge in [-0.05, 0) is 30.9 Å². The first-order chi connectivity index (χ1) is 8.77. The zero-order chi connectivity index (χ0) is 12.8. The van der Waals surface area contributed by atoms with Gasteiger partial charge in [0.1, 0.15) is 0 Å². The molecule has 3 heteroatoms. The Kier molecular flexibility index (Phi) is 5.14.